The Morgan fingerprint density at radius 3 is 2.70 bits per heavy atom. The van der Waals surface area contributed by atoms with Crippen molar-refractivity contribution < 1.29 is 9.32 Å². The van der Waals surface area contributed by atoms with E-state index in [2.05, 4.69) is 22.4 Å². The Balaban J connectivity index is 1.96. The summed E-state index contributed by atoms with van der Waals surface area (Å²) in [4.78, 5) is 18.5. The maximum absolute atomic E-state index is 12.3. The van der Waals surface area contributed by atoms with Gasteiger partial charge in [0.05, 0.1) is 12.6 Å². The van der Waals surface area contributed by atoms with Gasteiger partial charge in [-0.1, -0.05) is 37.2 Å². The van der Waals surface area contributed by atoms with Crippen LogP contribution in [0.3, 0.4) is 0 Å². The first-order valence-corrected chi connectivity index (χ1v) is 7.95. The molecule has 0 saturated heterocycles. The molecule has 0 saturated carbocycles. The highest BCUT2D eigenvalue weighted by molar-refractivity contribution is 5.93. The van der Waals surface area contributed by atoms with E-state index in [4.69, 9.17) is 4.52 Å². The van der Waals surface area contributed by atoms with E-state index in [9.17, 15) is 4.79 Å². The largest absolute Gasteiger partial charge is 0.338 e. The standard InChI is InChI=1S/C17H24N4O2/c1-5-13-9-7-8-10-14(13)18-16(22)11-21(4)12(3)17-19-15(6-2)20-23-17/h7-10,12H,5-6,11H2,1-4H3,(H,18,22). The van der Waals surface area contributed by atoms with Gasteiger partial charge in [0.15, 0.2) is 5.82 Å². The molecule has 6 heteroatoms. The fourth-order valence-corrected chi connectivity index (χ4v) is 2.27. The molecular formula is C17H24N4O2. The van der Waals surface area contributed by atoms with Crippen molar-refractivity contribution >= 4 is 11.6 Å². The van der Waals surface area contributed by atoms with Crippen molar-refractivity contribution in [1.82, 2.24) is 15.0 Å². The van der Waals surface area contributed by atoms with E-state index in [1.807, 2.05) is 50.1 Å². The maximum atomic E-state index is 12.3. The minimum Gasteiger partial charge on any atom is -0.338 e. The maximum Gasteiger partial charge on any atom is 0.243 e. The molecule has 23 heavy (non-hydrogen) atoms. The third-order valence-corrected chi connectivity index (χ3v) is 3.88. The molecule has 0 fully saturated rings. The Morgan fingerprint density at radius 1 is 1.30 bits per heavy atom. The quantitative estimate of drug-likeness (QED) is 0.850. The first kappa shape index (κ1) is 17.1. The van der Waals surface area contributed by atoms with Gasteiger partial charge >= 0.3 is 0 Å². The SMILES string of the molecule is CCc1noc(C(C)N(C)CC(=O)Nc2ccccc2CC)n1. The van der Waals surface area contributed by atoms with Crippen molar-refractivity contribution in [3.05, 3.63) is 41.5 Å². The van der Waals surface area contributed by atoms with Gasteiger partial charge < -0.3 is 9.84 Å². The lowest BCUT2D eigenvalue weighted by Crippen LogP contribution is -2.32. The molecule has 2 aromatic rings. The van der Waals surface area contributed by atoms with Crippen LogP contribution < -0.4 is 5.32 Å². The summed E-state index contributed by atoms with van der Waals surface area (Å²) in [5.41, 5.74) is 1.99. The summed E-state index contributed by atoms with van der Waals surface area (Å²) in [7, 11) is 1.87. The zero-order valence-electron chi connectivity index (χ0n) is 14.2. The molecular weight excluding hydrogens is 292 g/mol. The second-order valence-corrected chi connectivity index (χ2v) is 5.55. The molecule has 1 atom stereocenters. The molecule has 1 heterocycles. The highest BCUT2D eigenvalue weighted by Crippen LogP contribution is 2.18. The number of amides is 1. The number of para-hydroxylation sites is 1. The summed E-state index contributed by atoms with van der Waals surface area (Å²) in [5.74, 6) is 1.16. The molecule has 0 aliphatic carbocycles. The predicted octanol–water partition coefficient (Wildman–Crippen LogP) is 2.83. The molecule has 2 rings (SSSR count). The third-order valence-electron chi connectivity index (χ3n) is 3.88. The van der Waals surface area contributed by atoms with E-state index in [0.717, 1.165) is 24.1 Å². The van der Waals surface area contributed by atoms with E-state index in [0.29, 0.717) is 11.7 Å². The number of aromatic nitrogens is 2. The van der Waals surface area contributed by atoms with Crippen molar-refractivity contribution in [3.8, 4) is 0 Å². The van der Waals surface area contributed by atoms with Crippen molar-refractivity contribution in [2.75, 3.05) is 18.9 Å². The lowest BCUT2D eigenvalue weighted by atomic mass is 10.1. The average molecular weight is 316 g/mol. The van der Waals surface area contributed by atoms with Gasteiger partial charge in [0, 0.05) is 12.1 Å². The first-order valence-electron chi connectivity index (χ1n) is 7.95. The first-order chi connectivity index (χ1) is 11.0. The number of carbonyl (C=O) groups excluding carboxylic acids is 1. The summed E-state index contributed by atoms with van der Waals surface area (Å²) in [5, 5.41) is 6.86. The number of likely N-dealkylation sites (N-methyl/N-ethyl adjacent to an activating group) is 1. The van der Waals surface area contributed by atoms with Crippen LogP contribution in [0.5, 0.6) is 0 Å². The van der Waals surface area contributed by atoms with Crippen LogP contribution in [0, 0.1) is 0 Å². The summed E-state index contributed by atoms with van der Waals surface area (Å²) in [6, 6.07) is 7.73. The van der Waals surface area contributed by atoms with Crippen LogP contribution in [-0.2, 0) is 17.6 Å². The molecule has 0 aliphatic heterocycles. The zero-order valence-corrected chi connectivity index (χ0v) is 14.2. The van der Waals surface area contributed by atoms with Gasteiger partial charge in [-0.2, -0.15) is 4.98 Å². The van der Waals surface area contributed by atoms with Crippen LogP contribution in [0.1, 0.15) is 44.1 Å². The van der Waals surface area contributed by atoms with Gasteiger partial charge in [-0.05, 0) is 32.0 Å². The zero-order chi connectivity index (χ0) is 16.8. The molecule has 0 radical (unpaired) electrons. The van der Waals surface area contributed by atoms with Crippen LogP contribution in [0.15, 0.2) is 28.8 Å². The van der Waals surface area contributed by atoms with Crippen molar-refractivity contribution in [2.24, 2.45) is 0 Å². The number of benzene rings is 1. The second-order valence-electron chi connectivity index (χ2n) is 5.55. The number of carbonyl (C=O) groups is 1. The Morgan fingerprint density at radius 2 is 2.04 bits per heavy atom. The summed E-state index contributed by atoms with van der Waals surface area (Å²) in [6.45, 7) is 6.24. The Bertz CT molecular complexity index is 654. The van der Waals surface area contributed by atoms with Gasteiger partial charge in [-0.3, -0.25) is 9.69 Å². The van der Waals surface area contributed by atoms with Crippen LogP contribution in [0.2, 0.25) is 0 Å². The number of nitrogens with zero attached hydrogens (tertiary/aromatic N) is 3. The van der Waals surface area contributed by atoms with Crippen molar-refractivity contribution in [2.45, 2.75) is 39.7 Å². The average Bonchev–Trinajstić information content (AvgIpc) is 3.03. The number of hydrogen-bond donors (Lipinski definition) is 1. The van der Waals surface area contributed by atoms with E-state index in [-0.39, 0.29) is 18.5 Å². The minimum atomic E-state index is -0.116. The smallest absolute Gasteiger partial charge is 0.243 e. The van der Waals surface area contributed by atoms with Crippen molar-refractivity contribution in [1.29, 1.82) is 0 Å². The normalized spacial score (nSPS) is 12.4. The van der Waals surface area contributed by atoms with Crippen LogP contribution in [0.4, 0.5) is 5.69 Å². The number of nitrogens with one attached hydrogen (secondary N) is 1. The molecule has 0 bridgehead atoms. The fraction of sp³-hybridized carbons (Fsp3) is 0.471. The van der Waals surface area contributed by atoms with Gasteiger partial charge in [0.2, 0.25) is 11.8 Å². The molecule has 1 aromatic carbocycles. The lowest BCUT2D eigenvalue weighted by Gasteiger charge is -2.21. The third kappa shape index (κ3) is 4.39. The number of rotatable bonds is 7. The molecule has 6 nitrogen and oxygen atoms in total. The van der Waals surface area contributed by atoms with Gasteiger partial charge in [0.1, 0.15) is 0 Å². The molecule has 124 valence electrons. The Kier molecular flexibility index (Phi) is 5.87. The molecule has 1 unspecified atom stereocenters. The van der Waals surface area contributed by atoms with Gasteiger partial charge in [-0.15, -0.1) is 0 Å². The van der Waals surface area contributed by atoms with Gasteiger partial charge in [-0.25, -0.2) is 0 Å². The highest BCUT2D eigenvalue weighted by Gasteiger charge is 2.20. The van der Waals surface area contributed by atoms with Crippen LogP contribution >= 0.6 is 0 Å². The van der Waals surface area contributed by atoms with E-state index < -0.39 is 0 Å². The number of anilines is 1. The van der Waals surface area contributed by atoms with Crippen LogP contribution in [-0.4, -0.2) is 34.5 Å². The monoisotopic (exact) mass is 316 g/mol. The Labute approximate surface area is 136 Å². The van der Waals surface area contributed by atoms with Crippen molar-refractivity contribution in [3.63, 3.8) is 0 Å². The molecule has 1 amide bonds. The highest BCUT2D eigenvalue weighted by atomic mass is 16.5. The molecule has 1 aromatic heterocycles. The summed E-state index contributed by atoms with van der Waals surface area (Å²) >= 11 is 0. The molecule has 1 N–H and O–H groups in total. The fourth-order valence-electron chi connectivity index (χ4n) is 2.27. The number of hydrogen-bond acceptors (Lipinski definition) is 5. The van der Waals surface area contributed by atoms with Crippen LogP contribution in [0.25, 0.3) is 0 Å². The molecule has 0 aliphatic rings. The minimum absolute atomic E-state index is 0.0597. The summed E-state index contributed by atoms with van der Waals surface area (Å²) < 4.78 is 5.24. The summed E-state index contributed by atoms with van der Waals surface area (Å²) in [6.07, 6.45) is 1.61. The second kappa shape index (κ2) is 7.87. The predicted molar refractivity (Wildman–Crippen MR) is 89.2 cm³/mol. The van der Waals surface area contributed by atoms with Gasteiger partial charge in [0.25, 0.3) is 0 Å². The van der Waals surface area contributed by atoms with E-state index >= 15 is 0 Å². The Hall–Kier alpha value is -2.21. The van der Waals surface area contributed by atoms with E-state index in [1.165, 1.54) is 0 Å². The number of aryl methyl sites for hydroxylation is 2. The topological polar surface area (TPSA) is 71.3 Å². The lowest BCUT2D eigenvalue weighted by molar-refractivity contribution is -0.117. The molecule has 0 spiro atoms. The van der Waals surface area contributed by atoms with E-state index in [1.54, 1.807) is 0 Å².